The summed E-state index contributed by atoms with van der Waals surface area (Å²) >= 11 is 0. The van der Waals surface area contributed by atoms with E-state index >= 15 is 0 Å². The average Bonchev–Trinajstić information content (AvgIpc) is 2.29. The fourth-order valence-electron chi connectivity index (χ4n) is 1.92. The number of carbonyl (C=O) groups is 2. The van der Waals surface area contributed by atoms with E-state index < -0.39 is 6.04 Å². The number of rotatable bonds is 4. The number of hydrogen-bond donors (Lipinski definition) is 1. The third-order valence-corrected chi connectivity index (χ3v) is 2.83. The van der Waals surface area contributed by atoms with Crippen LogP contribution in [0.4, 0.5) is 0 Å². The Kier molecular flexibility index (Phi) is 4.93. The van der Waals surface area contributed by atoms with Gasteiger partial charge in [0.2, 0.25) is 11.8 Å². The van der Waals surface area contributed by atoms with Gasteiger partial charge in [-0.25, -0.2) is 0 Å². The molecule has 2 unspecified atom stereocenters. The first-order chi connectivity index (χ1) is 7.91. The van der Waals surface area contributed by atoms with Crippen LogP contribution in [0.2, 0.25) is 0 Å². The number of nitrogens with one attached hydrogen (secondary N) is 1. The lowest BCUT2D eigenvalue weighted by molar-refractivity contribution is -0.135. The Hall–Kier alpha value is -1.10. The third-order valence-electron chi connectivity index (χ3n) is 2.83. The van der Waals surface area contributed by atoms with Crippen LogP contribution >= 0.6 is 0 Å². The summed E-state index contributed by atoms with van der Waals surface area (Å²) in [7, 11) is 0. The van der Waals surface area contributed by atoms with Gasteiger partial charge < -0.3 is 15.0 Å². The normalized spacial score (nSPS) is 26.1. The molecule has 1 aliphatic heterocycles. The molecule has 0 bridgehead atoms. The molecule has 1 fully saturated rings. The van der Waals surface area contributed by atoms with Gasteiger partial charge in [0.1, 0.15) is 6.04 Å². The summed E-state index contributed by atoms with van der Waals surface area (Å²) in [5.74, 6) is -0.0960. The van der Waals surface area contributed by atoms with Gasteiger partial charge in [0.05, 0.1) is 12.7 Å². The van der Waals surface area contributed by atoms with Crippen molar-refractivity contribution in [3.05, 3.63) is 0 Å². The zero-order valence-electron chi connectivity index (χ0n) is 11.0. The molecule has 5 nitrogen and oxygen atoms in total. The highest BCUT2D eigenvalue weighted by Gasteiger charge is 2.30. The van der Waals surface area contributed by atoms with Gasteiger partial charge in [0.15, 0.2) is 0 Å². The Balaban J connectivity index is 2.59. The van der Waals surface area contributed by atoms with Crippen molar-refractivity contribution in [2.45, 2.75) is 52.3 Å². The van der Waals surface area contributed by atoms with Gasteiger partial charge in [0.25, 0.3) is 0 Å². The average molecular weight is 242 g/mol. The highest BCUT2D eigenvalue weighted by molar-refractivity contribution is 5.90. The Labute approximate surface area is 102 Å². The fourth-order valence-corrected chi connectivity index (χ4v) is 1.92. The van der Waals surface area contributed by atoms with Gasteiger partial charge in [0, 0.05) is 19.0 Å². The van der Waals surface area contributed by atoms with Crippen LogP contribution in [-0.4, -0.2) is 48.1 Å². The predicted octanol–water partition coefficient (Wildman–Crippen LogP) is 0.537. The smallest absolute Gasteiger partial charge is 0.245 e. The molecule has 2 amide bonds. The van der Waals surface area contributed by atoms with Crippen molar-refractivity contribution in [1.29, 1.82) is 0 Å². The molecule has 2 atom stereocenters. The predicted molar refractivity (Wildman–Crippen MR) is 64.5 cm³/mol. The van der Waals surface area contributed by atoms with E-state index in [1.165, 1.54) is 0 Å². The molecular formula is C12H22N2O3. The quantitative estimate of drug-likeness (QED) is 0.782. The number of nitrogens with zero attached hydrogens (tertiary/aromatic N) is 1. The lowest BCUT2D eigenvalue weighted by atomic mass is 10.2. The largest absolute Gasteiger partial charge is 0.377 e. The van der Waals surface area contributed by atoms with Crippen molar-refractivity contribution < 1.29 is 14.3 Å². The molecule has 0 aliphatic carbocycles. The van der Waals surface area contributed by atoms with Crippen LogP contribution < -0.4 is 5.32 Å². The number of hydrogen-bond acceptors (Lipinski definition) is 3. The highest BCUT2D eigenvalue weighted by Crippen LogP contribution is 2.11. The van der Waals surface area contributed by atoms with E-state index in [-0.39, 0.29) is 24.0 Å². The summed E-state index contributed by atoms with van der Waals surface area (Å²) in [6.45, 7) is 8.58. The Morgan fingerprint density at radius 3 is 2.65 bits per heavy atom. The van der Waals surface area contributed by atoms with E-state index in [9.17, 15) is 9.59 Å². The van der Waals surface area contributed by atoms with Crippen LogP contribution in [-0.2, 0) is 14.3 Å². The Morgan fingerprint density at radius 2 is 2.06 bits per heavy atom. The van der Waals surface area contributed by atoms with Crippen LogP contribution in [0.3, 0.4) is 0 Å². The molecule has 1 saturated heterocycles. The molecule has 0 radical (unpaired) electrons. The van der Waals surface area contributed by atoms with Crippen LogP contribution in [0.1, 0.15) is 34.1 Å². The number of carbonyl (C=O) groups excluding carboxylic acids is 2. The Morgan fingerprint density at radius 1 is 1.41 bits per heavy atom. The minimum absolute atomic E-state index is 0.0318. The highest BCUT2D eigenvalue weighted by atomic mass is 16.5. The second-order valence-electron chi connectivity index (χ2n) is 4.79. The summed E-state index contributed by atoms with van der Waals surface area (Å²) < 4.78 is 5.44. The molecule has 0 aromatic carbocycles. The molecule has 17 heavy (non-hydrogen) atoms. The van der Waals surface area contributed by atoms with Crippen LogP contribution in [0.5, 0.6) is 0 Å². The molecular weight excluding hydrogens is 220 g/mol. The summed E-state index contributed by atoms with van der Waals surface area (Å²) in [6, 6.07) is -0.505. The topological polar surface area (TPSA) is 58.6 Å². The zero-order valence-corrected chi connectivity index (χ0v) is 11.0. The summed E-state index contributed by atoms with van der Waals surface area (Å²) in [5.41, 5.74) is 0. The third kappa shape index (κ3) is 4.00. The van der Waals surface area contributed by atoms with Gasteiger partial charge in [-0.1, -0.05) is 0 Å². The second-order valence-corrected chi connectivity index (χ2v) is 4.79. The standard InChI is InChI=1S/C12H22N2O3/c1-8(2)17-6-5-14-9(3)7-11(15)13-10(4)12(14)16/h8-10H,5-7H2,1-4H3,(H,13,15). The summed E-state index contributed by atoms with van der Waals surface area (Å²) in [6.07, 6.45) is 0.516. The minimum Gasteiger partial charge on any atom is -0.377 e. The van der Waals surface area contributed by atoms with Gasteiger partial charge >= 0.3 is 0 Å². The van der Waals surface area contributed by atoms with Crippen molar-refractivity contribution >= 4 is 11.8 Å². The summed E-state index contributed by atoms with van der Waals surface area (Å²) in [4.78, 5) is 25.2. The first kappa shape index (κ1) is 14.0. The van der Waals surface area contributed by atoms with E-state index in [2.05, 4.69) is 5.32 Å². The molecule has 98 valence electrons. The zero-order chi connectivity index (χ0) is 13.0. The second kappa shape index (κ2) is 6.00. The molecule has 0 aromatic rings. The van der Waals surface area contributed by atoms with E-state index in [1.807, 2.05) is 20.8 Å². The molecule has 1 aliphatic rings. The molecule has 0 saturated carbocycles. The molecule has 5 heteroatoms. The molecule has 1 rings (SSSR count). The van der Waals surface area contributed by atoms with Crippen molar-refractivity contribution in [3.63, 3.8) is 0 Å². The maximum absolute atomic E-state index is 12.0. The van der Waals surface area contributed by atoms with Crippen molar-refractivity contribution in [1.82, 2.24) is 10.2 Å². The van der Waals surface area contributed by atoms with Gasteiger partial charge in [-0.15, -0.1) is 0 Å². The lowest BCUT2D eigenvalue weighted by Crippen LogP contribution is -2.46. The molecule has 0 spiro atoms. The van der Waals surface area contributed by atoms with Gasteiger partial charge in [-0.3, -0.25) is 9.59 Å². The van der Waals surface area contributed by atoms with E-state index in [1.54, 1.807) is 11.8 Å². The van der Waals surface area contributed by atoms with E-state index in [0.29, 0.717) is 19.6 Å². The van der Waals surface area contributed by atoms with E-state index in [0.717, 1.165) is 0 Å². The van der Waals surface area contributed by atoms with Crippen molar-refractivity contribution in [2.75, 3.05) is 13.2 Å². The lowest BCUT2D eigenvalue weighted by Gasteiger charge is -2.28. The Bertz CT molecular complexity index is 291. The number of ether oxygens (including phenoxy) is 1. The molecule has 0 aromatic heterocycles. The van der Waals surface area contributed by atoms with Gasteiger partial charge in [-0.2, -0.15) is 0 Å². The minimum atomic E-state index is -0.438. The van der Waals surface area contributed by atoms with Gasteiger partial charge in [-0.05, 0) is 27.7 Å². The molecule has 1 heterocycles. The maximum Gasteiger partial charge on any atom is 0.245 e. The van der Waals surface area contributed by atoms with Crippen molar-refractivity contribution in [2.24, 2.45) is 0 Å². The first-order valence-corrected chi connectivity index (χ1v) is 6.13. The SMILES string of the molecule is CC(C)OCCN1C(=O)C(C)NC(=O)CC1C. The fraction of sp³-hybridized carbons (Fsp3) is 0.833. The summed E-state index contributed by atoms with van der Waals surface area (Å²) in [5, 5.41) is 2.68. The first-order valence-electron chi connectivity index (χ1n) is 6.13. The molecule has 1 N–H and O–H groups in total. The van der Waals surface area contributed by atoms with Crippen LogP contribution in [0.15, 0.2) is 0 Å². The van der Waals surface area contributed by atoms with Crippen molar-refractivity contribution in [3.8, 4) is 0 Å². The van der Waals surface area contributed by atoms with Crippen LogP contribution in [0.25, 0.3) is 0 Å². The number of amides is 2. The maximum atomic E-state index is 12.0. The monoisotopic (exact) mass is 242 g/mol. The van der Waals surface area contributed by atoms with Crippen LogP contribution in [0, 0.1) is 0 Å². The van der Waals surface area contributed by atoms with E-state index in [4.69, 9.17) is 4.74 Å².